The lowest BCUT2D eigenvalue weighted by Crippen LogP contribution is -2.29. The average Bonchev–Trinajstić information content (AvgIpc) is 3.22. The van der Waals surface area contributed by atoms with Crippen LogP contribution < -0.4 is 10.2 Å². The molecule has 0 saturated heterocycles. The van der Waals surface area contributed by atoms with Gasteiger partial charge in [0.05, 0.1) is 17.5 Å². The van der Waals surface area contributed by atoms with Gasteiger partial charge < -0.3 is 15.3 Å². The minimum atomic E-state index is -0.181. The maximum Gasteiger partial charge on any atom is 0.223 e. The first-order chi connectivity index (χ1) is 16.5. The lowest BCUT2D eigenvalue weighted by atomic mass is 9.93. The number of fused-ring (bicyclic) bond motifs is 1. The Hall–Kier alpha value is -3.10. The Balaban J connectivity index is 1.41. The molecule has 34 heavy (non-hydrogen) atoms. The molecule has 1 saturated carbocycles. The summed E-state index contributed by atoms with van der Waals surface area (Å²) in [6.45, 7) is 0. The summed E-state index contributed by atoms with van der Waals surface area (Å²) in [5.74, 6) is 1.60. The second-order valence-corrected chi connectivity index (χ2v) is 10.2. The van der Waals surface area contributed by atoms with E-state index in [1.807, 2.05) is 37.2 Å². The van der Waals surface area contributed by atoms with E-state index in [9.17, 15) is 5.11 Å². The van der Waals surface area contributed by atoms with Crippen molar-refractivity contribution in [3.8, 4) is 0 Å². The van der Waals surface area contributed by atoms with Crippen LogP contribution in [0.3, 0.4) is 0 Å². The van der Waals surface area contributed by atoms with Gasteiger partial charge in [0.15, 0.2) is 0 Å². The van der Waals surface area contributed by atoms with Gasteiger partial charge in [-0.3, -0.25) is 0 Å². The van der Waals surface area contributed by atoms with Gasteiger partial charge in [0.2, 0.25) is 5.95 Å². The number of anilines is 2. The minimum absolute atomic E-state index is 0.181. The molecule has 7 nitrogen and oxygen atoms in total. The molecule has 0 spiro atoms. The van der Waals surface area contributed by atoms with Gasteiger partial charge >= 0.3 is 0 Å². The number of aromatic nitrogens is 4. The topological polar surface area (TPSA) is 87.1 Å². The molecule has 0 atom stereocenters. The number of nitrogens with zero attached hydrogens (tertiary/aromatic N) is 5. The summed E-state index contributed by atoms with van der Waals surface area (Å²) in [4.78, 5) is 22.2. The van der Waals surface area contributed by atoms with Crippen LogP contribution in [-0.2, 0) is 12.8 Å². The van der Waals surface area contributed by atoms with Gasteiger partial charge in [-0.25, -0.2) is 19.9 Å². The molecular formula is C26H30N6OS. The van der Waals surface area contributed by atoms with Crippen LogP contribution in [0.4, 0.5) is 11.8 Å². The Labute approximate surface area is 203 Å². The number of benzene rings is 1. The van der Waals surface area contributed by atoms with Crippen molar-refractivity contribution in [1.82, 2.24) is 19.9 Å². The summed E-state index contributed by atoms with van der Waals surface area (Å²) in [7, 11) is 3.99. The van der Waals surface area contributed by atoms with Gasteiger partial charge in [0, 0.05) is 33.0 Å². The molecule has 1 aliphatic carbocycles. The summed E-state index contributed by atoms with van der Waals surface area (Å²) < 4.78 is 0. The zero-order valence-electron chi connectivity index (χ0n) is 19.6. The number of pyridine rings is 1. The third kappa shape index (κ3) is 5.51. The maximum absolute atomic E-state index is 9.84. The maximum atomic E-state index is 9.84. The van der Waals surface area contributed by atoms with Gasteiger partial charge in [-0.2, -0.15) is 0 Å². The van der Waals surface area contributed by atoms with E-state index in [0.29, 0.717) is 18.4 Å². The van der Waals surface area contributed by atoms with Crippen molar-refractivity contribution in [1.29, 1.82) is 0 Å². The van der Waals surface area contributed by atoms with Gasteiger partial charge in [-0.05, 0) is 49.4 Å². The first-order valence-electron chi connectivity index (χ1n) is 11.8. The van der Waals surface area contributed by atoms with E-state index in [0.717, 1.165) is 64.7 Å². The van der Waals surface area contributed by atoms with Crippen molar-refractivity contribution in [2.45, 2.75) is 50.7 Å². The molecule has 0 amide bonds. The number of nitrogens with one attached hydrogen (secondary N) is 1. The molecule has 4 aromatic rings. The number of hydrogen-bond donors (Lipinski definition) is 2. The zero-order chi connectivity index (χ0) is 23.5. The fourth-order valence-electron chi connectivity index (χ4n) is 4.34. The number of thiazole rings is 1. The molecule has 0 aliphatic heterocycles. The van der Waals surface area contributed by atoms with Gasteiger partial charge in [-0.1, -0.05) is 41.7 Å². The zero-order valence-corrected chi connectivity index (χ0v) is 20.4. The standard InChI is InChI=1S/C26H30N6OS/c1-32(2)23-13-12-22-25(31-23)34-24(30-22)16-20-15-19(14-17-6-4-3-5-7-17)28-26(29-20)27-18-8-10-21(33)11-9-18/h3-7,12-13,15,18,21,33H,8-11,14,16H2,1-2H3,(H,27,28,29). The first-order valence-corrected chi connectivity index (χ1v) is 12.6. The molecule has 0 bridgehead atoms. The summed E-state index contributed by atoms with van der Waals surface area (Å²) in [5.41, 5.74) is 4.08. The minimum Gasteiger partial charge on any atom is -0.393 e. The van der Waals surface area contributed by atoms with Gasteiger partial charge in [0.25, 0.3) is 0 Å². The monoisotopic (exact) mass is 474 g/mol. The Kier molecular flexibility index (Phi) is 6.69. The molecule has 2 N–H and O–H groups in total. The van der Waals surface area contributed by atoms with E-state index in [1.165, 1.54) is 5.56 Å². The number of hydrogen-bond acceptors (Lipinski definition) is 8. The first kappa shape index (κ1) is 22.7. The van der Waals surface area contributed by atoms with Crippen LogP contribution in [-0.4, -0.2) is 51.3 Å². The summed E-state index contributed by atoms with van der Waals surface area (Å²) in [6.07, 6.45) is 4.72. The second-order valence-electron chi connectivity index (χ2n) is 9.16. The van der Waals surface area contributed by atoms with Crippen molar-refractivity contribution < 1.29 is 5.11 Å². The Morgan fingerprint density at radius 3 is 2.38 bits per heavy atom. The van der Waals surface area contributed by atoms with E-state index in [1.54, 1.807) is 11.3 Å². The third-order valence-electron chi connectivity index (χ3n) is 6.17. The van der Waals surface area contributed by atoms with Crippen LogP contribution in [0.1, 0.15) is 47.6 Å². The molecule has 1 fully saturated rings. The molecule has 176 valence electrons. The fraction of sp³-hybridized carbons (Fsp3) is 0.385. The third-order valence-corrected chi connectivity index (χ3v) is 7.13. The van der Waals surface area contributed by atoms with E-state index in [2.05, 4.69) is 35.6 Å². The molecule has 8 heteroatoms. The van der Waals surface area contributed by atoms with E-state index in [-0.39, 0.29) is 6.10 Å². The smallest absolute Gasteiger partial charge is 0.223 e. The van der Waals surface area contributed by atoms with Crippen molar-refractivity contribution in [3.05, 3.63) is 70.5 Å². The molecule has 3 aromatic heterocycles. The van der Waals surface area contributed by atoms with Crippen molar-refractivity contribution in [3.63, 3.8) is 0 Å². The van der Waals surface area contributed by atoms with Crippen molar-refractivity contribution in [2.75, 3.05) is 24.3 Å². The summed E-state index contributed by atoms with van der Waals surface area (Å²) in [6, 6.07) is 16.8. The molecule has 3 heterocycles. The van der Waals surface area contributed by atoms with Gasteiger partial charge in [0.1, 0.15) is 21.2 Å². The quantitative estimate of drug-likeness (QED) is 0.409. The Bertz CT molecular complexity index is 1250. The van der Waals surface area contributed by atoms with Gasteiger partial charge in [-0.15, -0.1) is 0 Å². The highest BCUT2D eigenvalue weighted by Gasteiger charge is 2.20. The predicted molar refractivity (Wildman–Crippen MR) is 138 cm³/mol. The highest BCUT2D eigenvalue weighted by atomic mass is 32.1. The fourth-order valence-corrected chi connectivity index (χ4v) is 5.28. The SMILES string of the molecule is CN(C)c1ccc2nc(Cc3cc(Cc4ccccc4)nc(NC4CCC(O)CC4)n3)sc2n1. The van der Waals surface area contributed by atoms with E-state index in [4.69, 9.17) is 19.9 Å². The van der Waals surface area contributed by atoms with Crippen LogP contribution >= 0.6 is 11.3 Å². The highest BCUT2D eigenvalue weighted by Crippen LogP contribution is 2.26. The summed E-state index contributed by atoms with van der Waals surface area (Å²) >= 11 is 1.62. The number of aliphatic hydroxyl groups is 1. The number of rotatable bonds is 7. The lowest BCUT2D eigenvalue weighted by Gasteiger charge is -2.26. The Morgan fingerprint density at radius 2 is 1.65 bits per heavy atom. The lowest BCUT2D eigenvalue weighted by molar-refractivity contribution is 0.126. The van der Waals surface area contributed by atoms with Crippen molar-refractivity contribution in [2.24, 2.45) is 0 Å². The molecular weight excluding hydrogens is 444 g/mol. The van der Waals surface area contributed by atoms with Crippen LogP contribution in [0.25, 0.3) is 10.3 Å². The normalized spacial score (nSPS) is 18.2. The largest absolute Gasteiger partial charge is 0.393 e. The van der Waals surface area contributed by atoms with Crippen LogP contribution in [0.15, 0.2) is 48.5 Å². The Morgan fingerprint density at radius 1 is 0.912 bits per heavy atom. The average molecular weight is 475 g/mol. The van der Waals surface area contributed by atoms with Crippen molar-refractivity contribution >= 4 is 33.5 Å². The van der Waals surface area contributed by atoms with E-state index >= 15 is 0 Å². The van der Waals surface area contributed by atoms with Crippen LogP contribution in [0, 0.1) is 0 Å². The molecule has 0 radical (unpaired) electrons. The van der Waals surface area contributed by atoms with E-state index < -0.39 is 0 Å². The molecule has 0 unspecified atom stereocenters. The number of aliphatic hydroxyl groups excluding tert-OH is 1. The second kappa shape index (κ2) is 10.0. The predicted octanol–water partition coefficient (Wildman–Crippen LogP) is 4.44. The molecule has 1 aliphatic rings. The van der Waals surface area contributed by atoms with Crippen LogP contribution in [0.2, 0.25) is 0 Å². The molecule has 1 aromatic carbocycles. The van der Waals surface area contributed by atoms with Crippen LogP contribution in [0.5, 0.6) is 0 Å². The highest BCUT2D eigenvalue weighted by molar-refractivity contribution is 7.18. The molecule has 5 rings (SSSR count). The summed E-state index contributed by atoms with van der Waals surface area (Å²) in [5, 5.41) is 14.4.